The van der Waals surface area contributed by atoms with Crippen molar-refractivity contribution in [1.82, 2.24) is 14.3 Å². The number of hydrogen-bond donors (Lipinski definition) is 2. The zero-order valence-corrected chi connectivity index (χ0v) is 17.7. The highest BCUT2D eigenvalue weighted by Crippen LogP contribution is 2.23. The van der Waals surface area contributed by atoms with Gasteiger partial charge in [0.15, 0.2) is 5.82 Å². The van der Waals surface area contributed by atoms with Crippen molar-refractivity contribution in [3.05, 3.63) is 54.4 Å². The number of carbonyl (C=O) groups is 2. The number of esters is 1. The molecule has 0 spiro atoms. The topological polar surface area (TPSA) is 119 Å². The molecule has 3 rings (SSSR count). The molecular weight excluding hydrogens is 446 g/mol. The molecule has 1 heterocycles. The minimum absolute atomic E-state index is 0.0504. The van der Waals surface area contributed by atoms with Crippen LogP contribution in [0.5, 0.6) is 0 Å². The summed E-state index contributed by atoms with van der Waals surface area (Å²) in [7, 11) is -3.89. The molecule has 0 radical (unpaired) electrons. The van der Waals surface area contributed by atoms with Crippen LogP contribution in [-0.4, -0.2) is 36.4 Å². The summed E-state index contributed by atoms with van der Waals surface area (Å²) in [6, 6.07) is 11.8. The van der Waals surface area contributed by atoms with Crippen LogP contribution >= 0.6 is 0 Å². The summed E-state index contributed by atoms with van der Waals surface area (Å²) in [5.41, 5.74) is 0.997. The number of sulfonamides is 1. The van der Waals surface area contributed by atoms with Crippen LogP contribution < -0.4 is 10.0 Å². The van der Waals surface area contributed by atoms with E-state index in [1.165, 1.54) is 37.3 Å². The van der Waals surface area contributed by atoms with Gasteiger partial charge in [-0.2, -0.15) is 8.78 Å². The maximum Gasteiger partial charge on any atom is 0.320 e. The molecule has 170 valence electrons. The number of imidazole rings is 1. The van der Waals surface area contributed by atoms with E-state index >= 15 is 0 Å². The molecule has 9 nitrogen and oxygen atoms in total. The summed E-state index contributed by atoms with van der Waals surface area (Å²) in [5, 5.41) is 2.52. The quantitative estimate of drug-likeness (QED) is 0.468. The van der Waals surface area contributed by atoms with Gasteiger partial charge in [-0.3, -0.25) is 14.2 Å². The smallest absolute Gasteiger partial charge is 0.320 e. The molecule has 32 heavy (non-hydrogen) atoms. The van der Waals surface area contributed by atoms with Gasteiger partial charge in [0.05, 0.1) is 22.3 Å². The lowest BCUT2D eigenvalue weighted by atomic mass is 10.3. The number of rotatable bonds is 9. The van der Waals surface area contributed by atoms with Crippen LogP contribution in [0.2, 0.25) is 0 Å². The van der Waals surface area contributed by atoms with E-state index in [0.29, 0.717) is 15.8 Å². The molecular formula is C20H20F2N4O5S. The number of fused-ring (bicyclic) bond motifs is 1. The van der Waals surface area contributed by atoms with Crippen LogP contribution in [0.4, 0.5) is 14.5 Å². The molecule has 0 saturated heterocycles. The number of anilines is 1. The van der Waals surface area contributed by atoms with Gasteiger partial charge in [-0.1, -0.05) is 12.1 Å². The fraction of sp³-hybridized carbons (Fsp3) is 0.250. The Kier molecular flexibility index (Phi) is 7.15. The molecule has 3 aromatic rings. The molecule has 0 aliphatic carbocycles. The fourth-order valence-electron chi connectivity index (χ4n) is 2.92. The highest BCUT2D eigenvalue weighted by atomic mass is 32.2. The Labute approximate surface area is 182 Å². The fourth-order valence-corrected chi connectivity index (χ4v) is 3.95. The monoisotopic (exact) mass is 466 g/mol. The zero-order valence-electron chi connectivity index (χ0n) is 16.9. The van der Waals surface area contributed by atoms with Gasteiger partial charge in [0.1, 0.15) is 6.61 Å². The van der Waals surface area contributed by atoms with Crippen LogP contribution in [0.1, 0.15) is 25.7 Å². The number of aromatic nitrogens is 2. The van der Waals surface area contributed by atoms with E-state index < -0.39 is 29.1 Å². The van der Waals surface area contributed by atoms with Crippen LogP contribution in [-0.2, 0) is 31.0 Å². The highest BCUT2D eigenvalue weighted by molar-refractivity contribution is 7.89. The maximum atomic E-state index is 13.4. The summed E-state index contributed by atoms with van der Waals surface area (Å²) in [6.07, 6.45) is -0.307. The Hall–Kier alpha value is -3.38. The second-order valence-electron chi connectivity index (χ2n) is 6.68. The molecule has 12 heteroatoms. The lowest BCUT2D eigenvalue weighted by Crippen LogP contribution is -2.27. The molecule has 0 aliphatic rings. The molecule has 0 unspecified atom stereocenters. The van der Waals surface area contributed by atoms with Crippen molar-refractivity contribution in [3.63, 3.8) is 0 Å². The van der Waals surface area contributed by atoms with E-state index in [1.807, 2.05) is 0 Å². The Morgan fingerprint density at radius 3 is 2.47 bits per heavy atom. The van der Waals surface area contributed by atoms with Crippen LogP contribution in [0.3, 0.4) is 0 Å². The molecule has 1 aromatic heterocycles. The van der Waals surface area contributed by atoms with Gasteiger partial charge in [-0.15, -0.1) is 0 Å². The first-order valence-corrected chi connectivity index (χ1v) is 10.9. The molecule has 0 aliphatic heterocycles. The van der Waals surface area contributed by atoms with E-state index in [-0.39, 0.29) is 35.1 Å². The normalized spacial score (nSPS) is 11.6. The number of ether oxygens (including phenoxy) is 1. The van der Waals surface area contributed by atoms with Crippen molar-refractivity contribution < 1.29 is 31.5 Å². The zero-order chi connectivity index (χ0) is 23.3. The van der Waals surface area contributed by atoms with Crippen LogP contribution in [0, 0.1) is 0 Å². The van der Waals surface area contributed by atoms with E-state index in [1.54, 1.807) is 18.2 Å². The van der Waals surface area contributed by atoms with E-state index in [9.17, 15) is 26.8 Å². The summed E-state index contributed by atoms with van der Waals surface area (Å²) >= 11 is 0. The predicted molar refractivity (Wildman–Crippen MR) is 111 cm³/mol. The van der Waals surface area contributed by atoms with Gasteiger partial charge < -0.3 is 10.1 Å². The number of nitrogens with one attached hydrogen (secondary N) is 2. The van der Waals surface area contributed by atoms with Crippen molar-refractivity contribution in [2.75, 3.05) is 11.9 Å². The number of nitrogens with zero attached hydrogens (tertiary/aromatic N) is 2. The molecule has 1 amide bonds. The number of para-hydroxylation sites is 2. The summed E-state index contributed by atoms with van der Waals surface area (Å²) < 4.78 is 59.3. The van der Waals surface area contributed by atoms with Gasteiger partial charge in [-0.05, 0) is 36.4 Å². The lowest BCUT2D eigenvalue weighted by Gasteiger charge is -2.09. The van der Waals surface area contributed by atoms with Gasteiger partial charge in [-0.25, -0.2) is 18.1 Å². The Morgan fingerprint density at radius 1 is 1.12 bits per heavy atom. The first kappa shape index (κ1) is 23.3. The molecule has 0 fully saturated rings. The van der Waals surface area contributed by atoms with Gasteiger partial charge in [0.2, 0.25) is 15.9 Å². The minimum atomic E-state index is -3.89. The van der Waals surface area contributed by atoms with Crippen molar-refractivity contribution in [1.29, 1.82) is 0 Å². The second kappa shape index (κ2) is 9.83. The van der Waals surface area contributed by atoms with Crippen LogP contribution in [0.15, 0.2) is 53.4 Å². The van der Waals surface area contributed by atoms with E-state index in [2.05, 4.69) is 15.0 Å². The number of alkyl halides is 2. The Bertz CT molecular complexity index is 1230. The lowest BCUT2D eigenvalue weighted by molar-refractivity contribution is -0.145. The first-order chi connectivity index (χ1) is 15.2. The number of benzene rings is 2. The average molecular weight is 466 g/mol. The molecule has 2 N–H and O–H groups in total. The van der Waals surface area contributed by atoms with Gasteiger partial charge in [0, 0.05) is 19.2 Å². The third kappa shape index (κ3) is 5.65. The predicted octanol–water partition coefficient (Wildman–Crippen LogP) is 2.80. The summed E-state index contributed by atoms with van der Waals surface area (Å²) in [6.45, 7) is -2.26. The number of carbonyl (C=O) groups excluding carboxylic acids is 2. The SMILES string of the molecule is CC(=O)Nc1ccc(S(=O)(=O)NCCC(=O)OCc2nc3ccccc3n2C(F)F)cc1. The standard InChI is InChI=1S/C20H20F2N4O5S/c1-13(27)24-14-6-8-15(9-7-14)32(29,30)23-11-10-19(28)31-12-18-25-16-4-2-3-5-17(16)26(18)20(21)22/h2-9,20,23H,10-12H2,1H3,(H,24,27). The van der Waals surface area contributed by atoms with Crippen LogP contribution in [0.25, 0.3) is 11.0 Å². The van der Waals surface area contributed by atoms with E-state index in [4.69, 9.17) is 4.74 Å². The van der Waals surface area contributed by atoms with Crippen molar-refractivity contribution in [2.24, 2.45) is 0 Å². The molecule has 0 bridgehead atoms. The Balaban J connectivity index is 1.54. The minimum Gasteiger partial charge on any atom is -0.457 e. The number of hydrogen-bond acceptors (Lipinski definition) is 6. The highest BCUT2D eigenvalue weighted by Gasteiger charge is 2.19. The summed E-state index contributed by atoms with van der Waals surface area (Å²) in [4.78, 5) is 27.0. The molecule has 2 aromatic carbocycles. The van der Waals surface area contributed by atoms with Crippen molar-refractivity contribution in [3.8, 4) is 0 Å². The first-order valence-electron chi connectivity index (χ1n) is 9.44. The maximum absolute atomic E-state index is 13.4. The third-order valence-electron chi connectivity index (χ3n) is 4.33. The molecule has 0 atom stereocenters. The second-order valence-corrected chi connectivity index (χ2v) is 8.45. The summed E-state index contributed by atoms with van der Waals surface area (Å²) in [5.74, 6) is -1.18. The Morgan fingerprint density at radius 2 is 1.81 bits per heavy atom. The average Bonchev–Trinajstić information content (AvgIpc) is 3.11. The number of amides is 1. The van der Waals surface area contributed by atoms with Gasteiger partial charge >= 0.3 is 12.5 Å². The largest absolute Gasteiger partial charge is 0.457 e. The van der Waals surface area contributed by atoms with Gasteiger partial charge in [0.25, 0.3) is 0 Å². The number of halogens is 2. The van der Waals surface area contributed by atoms with Crippen molar-refractivity contribution in [2.45, 2.75) is 31.4 Å². The van der Waals surface area contributed by atoms with E-state index in [0.717, 1.165) is 0 Å². The third-order valence-corrected chi connectivity index (χ3v) is 5.81. The molecule has 0 saturated carbocycles. The van der Waals surface area contributed by atoms with Crippen molar-refractivity contribution >= 4 is 38.6 Å².